The largest absolute Gasteiger partial charge is 0.471 e. The van der Waals surface area contributed by atoms with E-state index >= 15 is 0 Å². The van der Waals surface area contributed by atoms with Crippen molar-refractivity contribution in [1.29, 1.82) is 0 Å². The average molecular weight is 508 g/mol. The molecule has 0 atom stereocenters. The minimum atomic E-state index is -2.87. The molecule has 2 aromatic heterocycles. The lowest BCUT2D eigenvalue weighted by atomic mass is 9.84. The predicted octanol–water partition coefficient (Wildman–Crippen LogP) is 3.98. The minimum Gasteiger partial charge on any atom is -0.471 e. The van der Waals surface area contributed by atoms with Gasteiger partial charge in [0, 0.05) is 44.2 Å². The molecule has 1 amide bonds. The van der Waals surface area contributed by atoms with Gasteiger partial charge < -0.3 is 15.0 Å². The average Bonchev–Trinajstić information content (AvgIpc) is 3.10. The molecule has 0 saturated heterocycles. The number of fused-ring (bicyclic) bond motifs is 1. The van der Waals surface area contributed by atoms with Gasteiger partial charge in [-0.1, -0.05) is 6.07 Å². The first-order valence-electron chi connectivity index (χ1n) is 12.5. The molecule has 1 saturated carbocycles. The summed E-state index contributed by atoms with van der Waals surface area (Å²) in [5.41, 5.74) is 2.15. The highest BCUT2D eigenvalue weighted by Gasteiger charge is 2.25. The van der Waals surface area contributed by atoms with E-state index in [0.29, 0.717) is 12.3 Å². The van der Waals surface area contributed by atoms with Crippen LogP contribution in [-0.4, -0.2) is 64.2 Å². The molecular formula is C25H35F2N5O2S. The van der Waals surface area contributed by atoms with Crippen LogP contribution < -0.4 is 10.1 Å². The van der Waals surface area contributed by atoms with Gasteiger partial charge in [0.25, 0.3) is 5.92 Å². The number of halogens is 2. The van der Waals surface area contributed by atoms with Crippen molar-refractivity contribution in [3.05, 3.63) is 33.4 Å². The Labute approximate surface area is 209 Å². The molecule has 1 aliphatic heterocycles. The van der Waals surface area contributed by atoms with Gasteiger partial charge in [-0.15, -0.1) is 21.5 Å². The van der Waals surface area contributed by atoms with Crippen LogP contribution in [0.4, 0.5) is 8.78 Å². The number of pyridine rings is 1. The summed E-state index contributed by atoms with van der Waals surface area (Å²) in [6.45, 7) is 5.05. The lowest BCUT2D eigenvalue weighted by molar-refractivity contribution is -0.121. The van der Waals surface area contributed by atoms with Crippen LogP contribution in [0.5, 0.6) is 5.88 Å². The Morgan fingerprint density at radius 3 is 2.69 bits per heavy atom. The van der Waals surface area contributed by atoms with E-state index in [1.807, 2.05) is 13.0 Å². The van der Waals surface area contributed by atoms with Crippen molar-refractivity contribution in [3.63, 3.8) is 0 Å². The van der Waals surface area contributed by atoms with Crippen LogP contribution in [-0.2, 0) is 24.1 Å². The maximum Gasteiger partial charge on any atom is 0.278 e. The van der Waals surface area contributed by atoms with E-state index in [2.05, 4.69) is 25.4 Å². The van der Waals surface area contributed by atoms with Crippen LogP contribution in [0.25, 0.3) is 0 Å². The second-order valence-corrected chi connectivity index (χ2v) is 11.2. The fraction of sp³-hybridized carbons (Fsp3) is 0.680. The summed E-state index contributed by atoms with van der Waals surface area (Å²) in [7, 11) is 0. The molecule has 0 aromatic carbocycles. The molecule has 2 aliphatic rings. The second-order valence-electron chi connectivity index (χ2n) is 9.92. The first-order chi connectivity index (χ1) is 16.7. The third-order valence-electron chi connectivity index (χ3n) is 6.82. The van der Waals surface area contributed by atoms with Crippen LogP contribution in [0, 0.1) is 12.8 Å². The molecule has 35 heavy (non-hydrogen) atoms. The van der Waals surface area contributed by atoms with Gasteiger partial charge in [-0.2, -0.15) is 0 Å². The number of hydrogen-bond donors (Lipinski definition) is 1. The second kappa shape index (κ2) is 11.7. The van der Waals surface area contributed by atoms with E-state index in [-0.39, 0.29) is 17.8 Å². The van der Waals surface area contributed by atoms with Gasteiger partial charge in [0.2, 0.25) is 11.8 Å². The molecule has 192 valence electrons. The molecule has 0 bridgehead atoms. The van der Waals surface area contributed by atoms with Crippen LogP contribution in [0.15, 0.2) is 12.1 Å². The van der Waals surface area contributed by atoms with Crippen LogP contribution in [0.2, 0.25) is 0 Å². The van der Waals surface area contributed by atoms with E-state index in [9.17, 15) is 13.6 Å². The van der Waals surface area contributed by atoms with Crippen molar-refractivity contribution < 1.29 is 18.3 Å². The molecule has 0 unspecified atom stereocenters. The van der Waals surface area contributed by atoms with Crippen molar-refractivity contribution in [2.45, 2.75) is 77.2 Å². The summed E-state index contributed by atoms with van der Waals surface area (Å²) < 4.78 is 31.3. The molecular weight excluding hydrogens is 472 g/mol. The Bertz CT molecular complexity index is 988. The SMILES string of the molecule is Cc1nnc(CC(=O)NC2CCC(CCN3CCc4ccc(OCC(C)(F)F)nc4CC3)CC2)s1. The van der Waals surface area contributed by atoms with Crippen molar-refractivity contribution in [2.75, 3.05) is 26.2 Å². The fourth-order valence-electron chi connectivity index (χ4n) is 4.90. The molecule has 1 fully saturated rings. The number of hydrogen-bond acceptors (Lipinski definition) is 7. The van der Waals surface area contributed by atoms with Crippen molar-refractivity contribution in [1.82, 2.24) is 25.4 Å². The van der Waals surface area contributed by atoms with Gasteiger partial charge >= 0.3 is 0 Å². The number of carbonyl (C=O) groups excluding carboxylic acids is 1. The monoisotopic (exact) mass is 507 g/mol. The van der Waals surface area contributed by atoms with E-state index in [1.165, 1.54) is 16.9 Å². The highest BCUT2D eigenvalue weighted by Crippen LogP contribution is 2.28. The first kappa shape index (κ1) is 25.9. The Hall–Kier alpha value is -2.20. The molecule has 3 heterocycles. The summed E-state index contributed by atoms with van der Waals surface area (Å²) in [5, 5.41) is 12.8. The number of rotatable bonds is 9. The van der Waals surface area contributed by atoms with Crippen molar-refractivity contribution >= 4 is 17.2 Å². The summed E-state index contributed by atoms with van der Waals surface area (Å²) >= 11 is 1.47. The molecule has 0 radical (unpaired) electrons. The standard InChI is InChI=1S/C25H35F2N5O2S/c1-17-30-31-24(35-17)15-22(33)28-20-6-3-18(4-7-20)9-12-32-13-10-19-5-8-23(29-21(19)11-14-32)34-16-25(2,26)27/h5,8,18,20H,3-4,6-7,9-16H2,1-2H3,(H,28,33). The number of nitrogens with one attached hydrogen (secondary N) is 1. The lowest BCUT2D eigenvalue weighted by Gasteiger charge is -2.30. The van der Waals surface area contributed by atoms with E-state index in [1.54, 1.807) is 6.07 Å². The Morgan fingerprint density at radius 2 is 1.97 bits per heavy atom. The maximum atomic E-state index is 13.1. The quantitative estimate of drug-likeness (QED) is 0.553. The van der Waals surface area contributed by atoms with E-state index in [4.69, 9.17) is 4.74 Å². The Balaban J connectivity index is 1.16. The van der Waals surface area contributed by atoms with Crippen molar-refractivity contribution in [3.8, 4) is 5.88 Å². The molecule has 4 rings (SSSR count). The van der Waals surface area contributed by atoms with E-state index in [0.717, 1.165) is 87.2 Å². The molecule has 10 heteroatoms. The maximum absolute atomic E-state index is 13.1. The Morgan fingerprint density at radius 1 is 1.20 bits per heavy atom. The van der Waals surface area contributed by atoms with Crippen LogP contribution in [0.3, 0.4) is 0 Å². The number of ether oxygens (including phenoxy) is 1. The number of aryl methyl sites for hydroxylation is 1. The van der Waals surface area contributed by atoms with Gasteiger partial charge in [-0.25, -0.2) is 13.8 Å². The third kappa shape index (κ3) is 8.17. The first-order valence-corrected chi connectivity index (χ1v) is 13.4. The predicted molar refractivity (Wildman–Crippen MR) is 131 cm³/mol. The van der Waals surface area contributed by atoms with Crippen molar-refractivity contribution in [2.24, 2.45) is 5.92 Å². The van der Waals surface area contributed by atoms with Gasteiger partial charge in [-0.3, -0.25) is 4.79 Å². The lowest BCUT2D eigenvalue weighted by Crippen LogP contribution is -2.39. The minimum absolute atomic E-state index is 0.0410. The van der Waals surface area contributed by atoms with Gasteiger partial charge in [0.05, 0.1) is 6.42 Å². The number of nitrogens with zero attached hydrogens (tertiary/aromatic N) is 4. The molecule has 2 aromatic rings. The van der Waals surface area contributed by atoms with Crippen LogP contribution in [0.1, 0.15) is 60.3 Å². The zero-order valence-electron chi connectivity index (χ0n) is 20.6. The molecule has 1 N–H and O–H groups in total. The number of carbonyl (C=O) groups is 1. The van der Waals surface area contributed by atoms with Crippen LogP contribution >= 0.6 is 11.3 Å². The van der Waals surface area contributed by atoms with Gasteiger partial charge in [0.15, 0.2) is 6.61 Å². The number of alkyl halides is 2. The number of amides is 1. The topological polar surface area (TPSA) is 80.2 Å². The third-order valence-corrected chi connectivity index (χ3v) is 7.66. The van der Waals surface area contributed by atoms with Gasteiger partial charge in [-0.05, 0) is 63.5 Å². The number of aromatic nitrogens is 3. The van der Waals surface area contributed by atoms with E-state index < -0.39 is 12.5 Å². The summed E-state index contributed by atoms with van der Waals surface area (Å²) in [5.74, 6) is -1.86. The highest BCUT2D eigenvalue weighted by molar-refractivity contribution is 7.11. The zero-order valence-corrected chi connectivity index (χ0v) is 21.4. The smallest absolute Gasteiger partial charge is 0.278 e. The summed E-state index contributed by atoms with van der Waals surface area (Å²) in [6.07, 6.45) is 7.54. The summed E-state index contributed by atoms with van der Waals surface area (Å²) in [4.78, 5) is 19.3. The molecule has 0 spiro atoms. The molecule has 1 aliphatic carbocycles. The Kier molecular flexibility index (Phi) is 8.64. The normalized spacial score (nSPS) is 21.3. The highest BCUT2D eigenvalue weighted by atomic mass is 32.1. The molecule has 7 nitrogen and oxygen atoms in total. The fourth-order valence-corrected chi connectivity index (χ4v) is 5.61. The zero-order chi connectivity index (χ0) is 24.8. The summed E-state index contributed by atoms with van der Waals surface area (Å²) in [6, 6.07) is 3.93. The van der Waals surface area contributed by atoms with Gasteiger partial charge in [0.1, 0.15) is 10.0 Å².